The number of fused-ring (bicyclic) bond motifs is 1. The second-order valence-electron chi connectivity index (χ2n) is 4.77. The Labute approximate surface area is 80.3 Å². The summed E-state index contributed by atoms with van der Waals surface area (Å²) in [7, 11) is 0. The van der Waals surface area contributed by atoms with Crippen LogP contribution in [0.2, 0.25) is 0 Å². The molecule has 0 aromatic carbocycles. The monoisotopic (exact) mass is 184 g/mol. The van der Waals surface area contributed by atoms with Gasteiger partial charge in [0, 0.05) is 0 Å². The summed E-state index contributed by atoms with van der Waals surface area (Å²) in [5, 5.41) is 10.1. The van der Waals surface area contributed by atoms with Crippen molar-refractivity contribution in [2.75, 3.05) is 0 Å². The first kappa shape index (κ1) is 9.47. The quantitative estimate of drug-likeness (QED) is 0.537. The molecule has 0 aromatic rings. The third-order valence-electron chi connectivity index (χ3n) is 3.77. The minimum absolute atomic E-state index is 0.137. The maximum absolute atomic E-state index is 10.1. The minimum atomic E-state index is -0.550. The van der Waals surface area contributed by atoms with E-state index in [2.05, 4.69) is 6.92 Å². The van der Waals surface area contributed by atoms with Crippen LogP contribution in [-0.2, 0) is 4.74 Å². The first-order valence-corrected chi connectivity index (χ1v) is 5.52. The fourth-order valence-electron chi connectivity index (χ4n) is 2.74. The zero-order valence-corrected chi connectivity index (χ0v) is 8.68. The van der Waals surface area contributed by atoms with E-state index in [-0.39, 0.29) is 5.60 Å². The maximum Gasteiger partial charge on any atom is 0.123 e. The van der Waals surface area contributed by atoms with Crippen LogP contribution < -0.4 is 0 Å². The number of unbranched alkanes of at least 4 members (excludes halogenated alkanes) is 2. The topological polar surface area (TPSA) is 32.8 Å². The standard InChI is InChI=1S/C11H20O2/c1-3-4-5-7-11-9(13-11)6-8-10(11,2)12/h9,12H,3-8H2,1-2H3/t9-,10+,11-/m1/s1. The summed E-state index contributed by atoms with van der Waals surface area (Å²) in [6.45, 7) is 4.14. The van der Waals surface area contributed by atoms with Crippen molar-refractivity contribution in [2.45, 2.75) is 69.7 Å². The molecule has 0 radical (unpaired) electrons. The van der Waals surface area contributed by atoms with Crippen LogP contribution in [0.15, 0.2) is 0 Å². The largest absolute Gasteiger partial charge is 0.387 e. The molecule has 0 aromatic heterocycles. The van der Waals surface area contributed by atoms with Crippen molar-refractivity contribution in [3.05, 3.63) is 0 Å². The predicted molar refractivity (Wildman–Crippen MR) is 51.6 cm³/mol. The van der Waals surface area contributed by atoms with Crippen LogP contribution in [0, 0.1) is 0 Å². The maximum atomic E-state index is 10.1. The van der Waals surface area contributed by atoms with E-state index in [1.807, 2.05) is 6.92 Å². The third-order valence-corrected chi connectivity index (χ3v) is 3.77. The first-order valence-electron chi connectivity index (χ1n) is 5.52. The molecule has 1 saturated carbocycles. The van der Waals surface area contributed by atoms with Crippen LogP contribution in [0.3, 0.4) is 0 Å². The van der Waals surface area contributed by atoms with Crippen molar-refractivity contribution in [3.8, 4) is 0 Å². The van der Waals surface area contributed by atoms with Gasteiger partial charge in [-0.2, -0.15) is 0 Å². The molecule has 2 heteroatoms. The molecule has 0 amide bonds. The van der Waals surface area contributed by atoms with E-state index in [1.54, 1.807) is 0 Å². The highest BCUT2D eigenvalue weighted by Crippen LogP contribution is 2.58. The van der Waals surface area contributed by atoms with Gasteiger partial charge in [-0.05, 0) is 26.2 Å². The summed E-state index contributed by atoms with van der Waals surface area (Å²) < 4.78 is 5.65. The van der Waals surface area contributed by atoms with Gasteiger partial charge in [0.05, 0.1) is 11.7 Å². The second-order valence-corrected chi connectivity index (χ2v) is 4.77. The lowest BCUT2D eigenvalue weighted by Crippen LogP contribution is -2.39. The van der Waals surface area contributed by atoms with Gasteiger partial charge in [0.2, 0.25) is 0 Å². The fourth-order valence-corrected chi connectivity index (χ4v) is 2.74. The Bertz CT molecular complexity index is 200. The van der Waals surface area contributed by atoms with E-state index in [1.165, 1.54) is 19.3 Å². The van der Waals surface area contributed by atoms with Crippen LogP contribution in [0.4, 0.5) is 0 Å². The van der Waals surface area contributed by atoms with E-state index in [9.17, 15) is 5.11 Å². The average Bonchev–Trinajstić information content (AvgIpc) is 2.72. The first-order chi connectivity index (χ1) is 6.12. The zero-order valence-electron chi connectivity index (χ0n) is 8.68. The van der Waals surface area contributed by atoms with Gasteiger partial charge in [-0.25, -0.2) is 0 Å². The van der Waals surface area contributed by atoms with Crippen molar-refractivity contribution in [3.63, 3.8) is 0 Å². The Morgan fingerprint density at radius 2 is 2.23 bits per heavy atom. The summed E-state index contributed by atoms with van der Waals surface area (Å²) in [4.78, 5) is 0. The van der Waals surface area contributed by atoms with Crippen LogP contribution in [-0.4, -0.2) is 22.4 Å². The molecule has 2 rings (SSSR count). The lowest BCUT2D eigenvalue weighted by molar-refractivity contribution is -0.0312. The van der Waals surface area contributed by atoms with Gasteiger partial charge in [-0.3, -0.25) is 0 Å². The molecule has 76 valence electrons. The zero-order chi connectivity index (χ0) is 9.53. The number of hydrogen-bond donors (Lipinski definition) is 1. The van der Waals surface area contributed by atoms with Crippen LogP contribution in [0.1, 0.15) is 52.4 Å². The van der Waals surface area contributed by atoms with Gasteiger partial charge in [-0.15, -0.1) is 0 Å². The SMILES string of the molecule is CCCCC[C@@]12O[C@@H]1CC[C@]2(C)O. The average molecular weight is 184 g/mol. The molecule has 2 fully saturated rings. The highest BCUT2D eigenvalue weighted by atomic mass is 16.6. The van der Waals surface area contributed by atoms with Crippen molar-refractivity contribution in [1.29, 1.82) is 0 Å². The van der Waals surface area contributed by atoms with Crippen molar-refractivity contribution < 1.29 is 9.84 Å². The van der Waals surface area contributed by atoms with E-state index in [4.69, 9.17) is 4.74 Å². The molecule has 1 heterocycles. The summed E-state index contributed by atoms with van der Waals surface area (Å²) in [6, 6.07) is 0. The van der Waals surface area contributed by atoms with E-state index >= 15 is 0 Å². The Morgan fingerprint density at radius 3 is 2.69 bits per heavy atom. The second kappa shape index (κ2) is 2.96. The number of aliphatic hydroxyl groups is 1. The molecule has 0 bridgehead atoms. The molecule has 0 spiro atoms. The fraction of sp³-hybridized carbons (Fsp3) is 1.00. The van der Waals surface area contributed by atoms with E-state index < -0.39 is 5.60 Å². The molecule has 2 nitrogen and oxygen atoms in total. The Kier molecular flexibility index (Phi) is 2.16. The molecule has 2 aliphatic rings. The van der Waals surface area contributed by atoms with Gasteiger partial charge >= 0.3 is 0 Å². The molecule has 1 N–H and O–H groups in total. The van der Waals surface area contributed by atoms with Crippen molar-refractivity contribution in [2.24, 2.45) is 0 Å². The minimum Gasteiger partial charge on any atom is -0.387 e. The van der Waals surface area contributed by atoms with Gasteiger partial charge < -0.3 is 9.84 Å². The van der Waals surface area contributed by atoms with Gasteiger partial charge in [0.25, 0.3) is 0 Å². The molecule has 3 atom stereocenters. The summed E-state index contributed by atoms with van der Waals surface area (Å²) in [5.41, 5.74) is -0.687. The van der Waals surface area contributed by atoms with Crippen LogP contribution in [0.25, 0.3) is 0 Å². The highest BCUT2D eigenvalue weighted by molar-refractivity contribution is 5.19. The number of hydrogen-bond acceptors (Lipinski definition) is 2. The van der Waals surface area contributed by atoms with E-state index in [0.29, 0.717) is 6.10 Å². The molecular weight excluding hydrogens is 164 g/mol. The van der Waals surface area contributed by atoms with Crippen molar-refractivity contribution >= 4 is 0 Å². The third kappa shape index (κ3) is 1.31. The number of epoxide rings is 1. The lowest BCUT2D eigenvalue weighted by atomic mass is 9.87. The van der Waals surface area contributed by atoms with Crippen molar-refractivity contribution in [1.82, 2.24) is 0 Å². The number of rotatable bonds is 4. The molecule has 1 aliphatic carbocycles. The molecule has 0 unspecified atom stereocenters. The van der Waals surface area contributed by atoms with Gasteiger partial charge in [0.1, 0.15) is 5.60 Å². The summed E-state index contributed by atoms with van der Waals surface area (Å²) in [5.74, 6) is 0. The summed E-state index contributed by atoms with van der Waals surface area (Å²) >= 11 is 0. The molecule has 13 heavy (non-hydrogen) atoms. The predicted octanol–water partition coefficient (Wildman–Crippen LogP) is 2.25. The molecule has 1 saturated heterocycles. The summed E-state index contributed by atoms with van der Waals surface area (Å²) in [6.07, 6.45) is 7.10. The normalized spacial score (nSPS) is 47.8. The molecular formula is C11H20O2. The lowest BCUT2D eigenvalue weighted by Gasteiger charge is -2.26. The van der Waals surface area contributed by atoms with Gasteiger partial charge in [-0.1, -0.05) is 26.2 Å². The van der Waals surface area contributed by atoms with Crippen LogP contribution in [0.5, 0.6) is 0 Å². The smallest absolute Gasteiger partial charge is 0.123 e. The highest BCUT2D eigenvalue weighted by Gasteiger charge is 2.70. The van der Waals surface area contributed by atoms with E-state index in [0.717, 1.165) is 19.3 Å². The Morgan fingerprint density at radius 1 is 1.46 bits per heavy atom. The Hall–Kier alpha value is -0.0800. The Balaban J connectivity index is 1.91. The molecule has 1 aliphatic heterocycles. The van der Waals surface area contributed by atoms with Crippen LogP contribution >= 0.6 is 0 Å². The number of ether oxygens (including phenoxy) is 1. The van der Waals surface area contributed by atoms with Gasteiger partial charge in [0.15, 0.2) is 0 Å².